The molecule has 0 amide bonds. The van der Waals surface area contributed by atoms with E-state index in [1.165, 1.54) is 12.3 Å². The molecule has 1 saturated heterocycles. The Bertz CT molecular complexity index is 634. The number of hydrogen-bond acceptors (Lipinski definition) is 6. The van der Waals surface area contributed by atoms with Gasteiger partial charge >= 0.3 is 0 Å². The van der Waals surface area contributed by atoms with Crippen molar-refractivity contribution in [3.63, 3.8) is 0 Å². The SMILES string of the molecule is C#CC1(F)[C@@H](O)[C@@](F)(CO)O[C@H]1n1ccc(N)nc1=S. The quantitative estimate of drug-likeness (QED) is 0.529. The van der Waals surface area contributed by atoms with Crippen LogP contribution in [0.3, 0.4) is 0 Å². The van der Waals surface area contributed by atoms with E-state index in [2.05, 4.69) is 4.98 Å². The van der Waals surface area contributed by atoms with Crippen molar-refractivity contribution in [1.82, 2.24) is 9.55 Å². The number of rotatable bonds is 2. The number of aromatic nitrogens is 2. The van der Waals surface area contributed by atoms with E-state index in [4.69, 9.17) is 34.2 Å². The molecule has 1 aromatic heterocycles. The predicted molar refractivity (Wildman–Crippen MR) is 67.2 cm³/mol. The van der Waals surface area contributed by atoms with E-state index in [-0.39, 0.29) is 10.6 Å². The summed E-state index contributed by atoms with van der Waals surface area (Å²) in [6, 6.07) is 1.28. The van der Waals surface area contributed by atoms with Crippen molar-refractivity contribution in [3.05, 3.63) is 17.0 Å². The van der Waals surface area contributed by atoms with Crippen molar-refractivity contribution in [3.8, 4) is 12.3 Å². The highest BCUT2D eigenvalue weighted by Gasteiger charge is 2.66. The standard InChI is InChI=1S/C11H11F2N3O3S/c1-2-10(12)7(18)11(13,5-17)19-8(10)16-4-3-6(14)15-9(16)20/h1,3-4,7-8,17-18H,5H2,(H2,14,15,20)/t7-,8-,10?,11-/m1/s1. The minimum Gasteiger partial charge on any atom is -0.390 e. The Morgan fingerprint density at radius 2 is 2.30 bits per heavy atom. The van der Waals surface area contributed by atoms with Crippen LogP contribution in [0.15, 0.2) is 12.3 Å². The zero-order valence-corrected chi connectivity index (χ0v) is 10.8. The Kier molecular flexibility index (Phi) is 3.51. The Hall–Kier alpha value is -1.60. The monoisotopic (exact) mass is 303 g/mol. The van der Waals surface area contributed by atoms with Crippen molar-refractivity contribution in [1.29, 1.82) is 0 Å². The molecule has 9 heteroatoms. The number of nitrogens with zero attached hydrogens (tertiary/aromatic N) is 2. The largest absolute Gasteiger partial charge is 0.390 e. The van der Waals surface area contributed by atoms with E-state index in [9.17, 15) is 13.9 Å². The second-order valence-corrected chi connectivity index (χ2v) is 4.64. The molecule has 0 saturated carbocycles. The van der Waals surface area contributed by atoms with Crippen LogP contribution < -0.4 is 5.73 Å². The lowest BCUT2D eigenvalue weighted by atomic mass is 9.96. The number of terminal acetylenes is 1. The van der Waals surface area contributed by atoms with Gasteiger partial charge in [-0.1, -0.05) is 5.92 Å². The number of ether oxygens (including phenoxy) is 1. The normalized spacial score (nSPS) is 36.8. The molecule has 0 bridgehead atoms. The van der Waals surface area contributed by atoms with E-state index in [0.29, 0.717) is 0 Å². The maximum atomic E-state index is 14.7. The number of anilines is 1. The maximum Gasteiger partial charge on any atom is 0.264 e. The third-order valence-corrected chi connectivity index (χ3v) is 3.32. The highest BCUT2D eigenvalue weighted by atomic mass is 32.1. The summed E-state index contributed by atoms with van der Waals surface area (Å²) in [5, 5.41) is 18.6. The summed E-state index contributed by atoms with van der Waals surface area (Å²) in [5.41, 5.74) is 2.48. The first-order valence-corrected chi connectivity index (χ1v) is 5.86. The van der Waals surface area contributed by atoms with Crippen molar-refractivity contribution in [2.45, 2.75) is 23.9 Å². The molecule has 20 heavy (non-hydrogen) atoms. The fraction of sp³-hybridized carbons (Fsp3) is 0.455. The van der Waals surface area contributed by atoms with Crippen LogP contribution in [0, 0.1) is 17.1 Å². The molecule has 1 unspecified atom stereocenters. The zero-order chi connectivity index (χ0) is 15.1. The van der Waals surface area contributed by atoms with E-state index in [1.54, 1.807) is 5.92 Å². The predicted octanol–water partition coefficient (Wildman–Crippen LogP) is 0.0841. The number of hydrogen-bond donors (Lipinski definition) is 3. The highest BCUT2D eigenvalue weighted by Crippen LogP contribution is 2.47. The van der Waals surface area contributed by atoms with Crippen LogP contribution in [-0.4, -0.2) is 44.0 Å². The Morgan fingerprint density at radius 3 is 2.80 bits per heavy atom. The van der Waals surface area contributed by atoms with E-state index < -0.39 is 30.5 Å². The summed E-state index contributed by atoms with van der Waals surface area (Å²) < 4.78 is 34.2. The van der Waals surface area contributed by atoms with Crippen LogP contribution >= 0.6 is 12.2 Å². The second kappa shape index (κ2) is 4.75. The fourth-order valence-electron chi connectivity index (χ4n) is 1.92. The number of halogens is 2. The summed E-state index contributed by atoms with van der Waals surface area (Å²) in [6.45, 7) is -1.27. The van der Waals surface area contributed by atoms with Crippen LogP contribution in [0.5, 0.6) is 0 Å². The van der Waals surface area contributed by atoms with Crippen LogP contribution in [0.1, 0.15) is 6.23 Å². The number of alkyl halides is 2. The van der Waals surface area contributed by atoms with Gasteiger partial charge in [-0.25, -0.2) is 13.8 Å². The Labute approximate surface area is 117 Å². The van der Waals surface area contributed by atoms with Crippen molar-refractivity contribution >= 4 is 18.0 Å². The van der Waals surface area contributed by atoms with Crippen molar-refractivity contribution < 1.29 is 23.7 Å². The van der Waals surface area contributed by atoms with Gasteiger partial charge in [-0.15, -0.1) is 6.42 Å². The minimum absolute atomic E-state index is 0.0728. The van der Waals surface area contributed by atoms with E-state index >= 15 is 0 Å². The van der Waals surface area contributed by atoms with Crippen LogP contribution in [0.4, 0.5) is 14.6 Å². The molecule has 1 aliphatic rings. The Morgan fingerprint density at radius 1 is 1.65 bits per heavy atom. The summed E-state index contributed by atoms with van der Waals surface area (Å²) in [6.07, 6.45) is 2.08. The fourth-order valence-corrected chi connectivity index (χ4v) is 2.18. The number of aliphatic hydroxyl groups is 2. The molecule has 0 spiro atoms. The average molecular weight is 303 g/mol. The molecule has 2 heterocycles. The first-order valence-electron chi connectivity index (χ1n) is 5.45. The maximum absolute atomic E-state index is 14.7. The highest BCUT2D eigenvalue weighted by molar-refractivity contribution is 7.71. The average Bonchev–Trinajstić information content (AvgIpc) is 2.62. The van der Waals surface area contributed by atoms with Gasteiger partial charge in [-0.2, -0.15) is 0 Å². The lowest BCUT2D eigenvalue weighted by Gasteiger charge is -2.24. The molecule has 1 aliphatic heterocycles. The van der Waals surface area contributed by atoms with E-state index in [0.717, 1.165) is 4.57 Å². The van der Waals surface area contributed by atoms with Gasteiger partial charge in [-0.3, -0.25) is 4.57 Å². The first-order chi connectivity index (χ1) is 9.28. The van der Waals surface area contributed by atoms with Gasteiger partial charge in [-0.05, 0) is 18.3 Å². The molecule has 108 valence electrons. The molecule has 1 fully saturated rings. The van der Waals surface area contributed by atoms with Gasteiger partial charge in [0.25, 0.3) is 5.85 Å². The third kappa shape index (κ3) is 1.97. The molecular weight excluding hydrogens is 292 g/mol. The lowest BCUT2D eigenvalue weighted by Crippen LogP contribution is -2.47. The smallest absolute Gasteiger partial charge is 0.264 e. The number of nitrogens with two attached hydrogens (primary N) is 1. The summed E-state index contributed by atoms with van der Waals surface area (Å²) in [7, 11) is 0. The topological polar surface area (TPSA) is 93.5 Å². The molecule has 1 aromatic rings. The molecule has 4 atom stereocenters. The van der Waals surface area contributed by atoms with Crippen molar-refractivity contribution in [2.24, 2.45) is 0 Å². The van der Waals surface area contributed by atoms with Gasteiger partial charge in [0.2, 0.25) is 10.4 Å². The molecular formula is C11H11F2N3O3S. The molecule has 4 N–H and O–H groups in total. The van der Waals surface area contributed by atoms with Gasteiger partial charge < -0.3 is 20.7 Å². The summed E-state index contributed by atoms with van der Waals surface area (Å²) >= 11 is 4.87. The van der Waals surface area contributed by atoms with Crippen LogP contribution in [-0.2, 0) is 4.74 Å². The zero-order valence-electron chi connectivity index (χ0n) is 10.0. The Balaban J connectivity index is 2.56. The van der Waals surface area contributed by atoms with Crippen molar-refractivity contribution in [2.75, 3.05) is 12.3 Å². The first kappa shape index (κ1) is 14.8. The second-order valence-electron chi connectivity index (χ2n) is 4.27. The number of nitrogen functional groups attached to an aromatic ring is 1. The summed E-state index contributed by atoms with van der Waals surface area (Å²) in [5.74, 6) is -1.32. The molecule has 0 radical (unpaired) electrons. The molecule has 0 aliphatic carbocycles. The van der Waals surface area contributed by atoms with Gasteiger partial charge in [0.1, 0.15) is 12.4 Å². The lowest BCUT2D eigenvalue weighted by molar-refractivity contribution is -0.207. The van der Waals surface area contributed by atoms with Crippen LogP contribution in [0.25, 0.3) is 0 Å². The molecule has 0 aromatic carbocycles. The summed E-state index contributed by atoms with van der Waals surface area (Å²) in [4.78, 5) is 3.69. The van der Waals surface area contributed by atoms with Crippen LogP contribution in [0.2, 0.25) is 0 Å². The van der Waals surface area contributed by atoms with E-state index in [1.807, 2.05) is 0 Å². The van der Waals surface area contributed by atoms with Gasteiger partial charge in [0, 0.05) is 6.20 Å². The third-order valence-electron chi connectivity index (χ3n) is 3.01. The molecule has 6 nitrogen and oxygen atoms in total. The minimum atomic E-state index is -3.04. The number of aliphatic hydroxyl groups excluding tert-OH is 2. The van der Waals surface area contributed by atoms with Gasteiger partial charge in [0.15, 0.2) is 12.3 Å². The molecule has 2 rings (SSSR count). The van der Waals surface area contributed by atoms with Gasteiger partial charge in [0.05, 0.1) is 0 Å².